The number of carbonyl (C=O) groups excluding carboxylic acids is 2. The van der Waals surface area contributed by atoms with Gasteiger partial charge in [-0.2, -0.15) is 0 Å². The van der Waals surface area contributed by atoms with Crippen LogP contribution >= 0.6 is 0 Å². The highest BCUT2D eigenvalue weighted by molar-refractivity contribution is 6.37. The minimum absolute atomic E-state index is 0.318. The number of aryl methyl sites for hydroxylation is 1. The number of rotatable bonds is 2. The average Bonchev–Trinajstić information content (AvgIpc) is 2.87. The topological polar surface area (TPSA) is 59.5 Å². The monoisotopic (exact) mass is 318 g/mol. The molecule has 3 aromatic rings. The average molecular weight is 318 g/mol. The van der Waals surface area contributed by atoms with E-state index in [9.17, 15) is 9.59 Å². The molecule has 1 aliphatic heterocycles. The summed E-state index contributed by atoms with van der Waals surface area (Å²) < 4.78 is 5.13. The van der Waals surface area contributed by atoms with Crippen LogP contribution in [0.2, 0.25) is 0 Å². The molecule has 0 saturated heterocycles. The van der Waals surface area contributed by atoms with Crippen molar-refractivity contribution in [2.24, 2.45) is 0 Å². The molecule has 0 atom stereocenters. The molecule has 0 saturated carbocycles. The van der Waals surface area contributed by atoms with E-state index in [-0.39, 0.29) is 11.8 Å². The Bertz CT molecular complexity index is 993. The Balaban J connectivity index is 1.91. The second-order valence-electron chi connectivity index (χ2n) is 5.61. The molecule has 0 aliphatic carbocycles. The lowest BCUT2D eigenvalue weighted by molar-refractivity contribution is 0.0926. The van der Waals surface area contributed by atoms with Crippen LogP contribution in [-0.4, -0.2) is 23.9 Å². The number of aromatic nitrogens is 1. The highest BCUT2D eigenvalue weighted by Crippen LogP contribution is 2.34. The van der Waals surface area contributed by atoms with Crippen molar-refractivity contribution in [1.29, 1.82) is 0 Å². The molecule has 0 radical (unpaired) electrons. The Kier molecular flexibility index (Phi) is 3.09. The maximum absolute atomic E-state index is 13.0. The fourth-order valence-electron chi connectivity index (χ4n) is 3.10. The third kappa shape index (κ3) is 1.91. The molecule has 0 unspecified atom stereocenters. The first-order valence-electron chi connectivity index (χ1n) is 7.54. The molecule has 0 spiro atoms. The Morgan fingerprint density at radius 1 is 0.917 bits per heavy atom. The number of anilines is 1. The third-order valence-corrected chi connectivity index (χ3v) is 4.24. The second kappa shape index (κ2) is 5.16. The highest BCUT2D eigenvalue weighted by Gasteiger charge is 2.39. The molecule has 2 aromatic carbocycles. The number of pyridine rings is 1. The van der Waals surface area contributed by atoms with E-state index in [1.165, 1.54) is 4.90 Å². The van der Waals surface area contributed by atoms with Gasteiger partial charge >= 0.3 is 0 Å². The smallest absolute Gasteiger partial charge is 0.268 e. The van der Waals surface area contributed by atoms with Gasteiger partial charge in [-0.15, -0.1) is 0 Å². The number of amides is 2. The van der Waals surface area contributed by atoms with Crippen molar-refractivity contribution < 1.29 is 14.3 Å². The Labute approximate surface area is 138 Å². The Morgan fingerprint density at radius 2 is 1.58 bits per heavy atom. The third-order valence-electron chi connectivity index (χ3n) is 4.24. The standard InChI is InChI=1S/C19H14N2O3/c1-11-16-17(14-5-3-4-6-15(14)20-11)19(23)21(18(16)22)12-7-9-13(24-2)10-8-12/h3-10H,1-2H3. The molecule has 118 valence electrons. The van der Waals surface area contributed by atoms with E-state index in [2.05, 4.69) is 4.98 Å². The molecule has 24 heavy (non-hydrogen) atoms. The lowest BCUT2D eigenvalue weighted by Crippen LogP contribution is -2.29. The van der Waals surface area contributed by atoms with Gasteiger partial charge in [-0.3, -0.25) is 14.6 Å². The fourth-order valence-corrected chi connectivity index (χ4v) is 3.10. The molecule has 2 heterocycles. The fraction of sp³-hybridized carbons (Fsp3) is 0.105. The van der Waals surface area contributed by atoms with Gasteiger partial charge in [0.2, 0.25) is 0 Å². The van der Waals surface area contributed by atoms with E-state index >= 15 is 0 Å². The van der Waals surface area contributed by atoms with Crippen molar-refractivity contribution in [2.75, 3.05) is 12.0 Å². The lowest BCUT2D eigenvalue weighted by atomic mass is 10.0. The van der Waals surface area contributed by atoms with Crippen molar-refractivity contribution >= 4 is 28.4 Å². The van der Waals surface area contributed by atoms with E-state index < -0.39 is 0 Å². The van der Waals surface area contributed by atoms with Crippen LogP contribution in [0, 0.1) is 6.92 Å². The van der Waals surface area contributed by atoms with Gasteiger partial charge in [-0.1, -0.05) is 18.2 Å². The van der Waals surface area contributed by atoms with Crippen LogP contribution in [0.25, 0.3) is 10.9 Å². The number of nitrogens with zero attached hydrogens (tertiary/aromatic N) is 2. The zero-order valence-corrected chi connectivity index (χ0v) is 13.2. The van der Waals surface area contributed by atoms with Crippen molar-refractivity contribution in [1.82, 2.24) is 4.98 Å². The van der Waals surface area contributed by atoms with E-state index in [0.29, 0.717) is 39.2 Å². The molecule has 0 fully saturated rings. The predicted molar refractivity (Wildman–Crippen MR) is 90.6 cm³/mol. The van der Waals surface area contributed by atoms with E-state index in [0.717, 1.165) is 0 Å². The molecule has 1 aliphatic rings. The maximum Gasteiger partial charge on any atom is 0.268 e. The van der Waals surface area contributed by atoms with E-state index in [4.69, 9.17) is 4.74 Å². The van der Waals surface area contributed by atoms with Gasteiger partial charge in [0.1, 0.15) is 5.75 Å². The van der Waals surface area contributed by atoms with Gasteiger partial charge in [-0.25, -0.2) is 4.90 Å². The summed E-state index contributed by atoms with van der Waals surface area (Å²) in [7, 11) is 1.57. The van der Waals surface area contributed by atoms with Crippen LogP contribution in [0.5, 0.6) is 5.75 Å². The molecule has 2 amide bonds. The summed E-state index contributed by atoms with van der Waals surface area (Å²) in [4.78, 5) is 31.5. The zero-order chi connectivity index (χ0) is 16.8. The number of ether oxygens (including phenoxy) is 1. The molecule has 1 aromatic heterocycles. The summed E-state index contributed by atoms with van der Waals surface area (Å²) in [6, 6.07) is 14.2. The molecule has 5 nitrogen and oxygen atoms in total. The van der Waals surface area contributed by atoms with E-state index in [1.807, 2.05) is 24.3 Å². The van der Waals surface area contributed by atoms with E-state index in [1.54, 1.807) is 38.3 Å². The Hall–Kier alpha value is -3.21. The summed E-state index contributed by atoms with van der Waals surface area (Å²) in [6.45, 7) is 1.76. The normalized spacial score (nSPS) is 13.5. The van der Waals surface area contributed by atoms with Crippen LogP contribution in [0.1, 0.15) is 26.4 Å². The first kappa shape index (κ1) is 14.4. The van der Waals surface area contributed by atoms with Crippen LogP contribution in [0.3, 0.4) is 0 Å². The van der Waals surface area contributed by atoms with Crippen molar-refractivity contribution in [3.63, 3.8) is 0 Å². The van der Waals surface area contributed by atoms with Gasteiger partial charge in [0.15, 0.2) is 0 Å². The molecule has 0 bridgehead atoms. The zero-order valence-electron chi connectivity index (χ0n) is 13.2. The van der Waals surface area contributed by atoms with Gasteiger partial charge in [0, 0.05) is 5.39 Å². The van der Waals surface area contributed by atoms with Crippen molar-refractivity contribution in [2.45, 2.75) is 6.92 Å². The number of fused-ring (bicyclic) bond motifs is 3. The quantitative estimate of drug-likeness (QED) is 0.680. The predicted octanol–water partition coefficient (Wildman–Crippen LogP) is 3.35. The molecular formula is C19H14N2O3. The SMILES string of the molecule is COc1ccc(N2C(=O)c3c(C)nc4ccccc4c3C2=O)cc1. The number of methoxy groups -OCH3 is 1. The molecular weight excluding hydrogens is 304 g/mol. The molecule has 5 heteroatoms. The number of para-hydroxylation sites is 1. The molecule has 0 N–H and O–H groups in total. The van der Waals surface area contributed by atoms with Crippen LogP contribution in [0.15, 0.2) is 48.5 Å². The Morgan fingerprint density at radius 3 is 2.29 bits per heavy atom. The molecule has 4 rings (SSSR count). The lowest BCUT2D eigenvalue weighted by Gasteiger charge is -2.14. The maximum atomic E-state index is 13.0. The van der Waals surface area contributed by atoms with Gasteiger partial charge in [0.25, 0.3) is 11.8 Å². The first-order valence-corrected chi connectivity index (χ1v) is 7.54. The number of hydrogen-bond acceptors (Lipinski definition) is 4. The summed E-state index contributed by atoms with van der Waals surface area (Å²) >= 11 is 0. The summed E-state index contributed by atoms with van der Waals surface area (Å²) in [5, 5.41) is 0.701. The minimum atomic E-state index is -0.337. The van der Waals surface area contributed by atoms with Gasteiger partial charge in [0.05, 0.1) is 35.1 Å². The van der Waals surface area contributed by atoms with Crippen molar-refractivity contribution in [3.05, 3.63) is 65.4 Å². The summed E-state index contributed by atoms with van der Waals surface area (Å²) in [5.74, 6) is 0.0106. The number of benzene rings is 2. The van der Waals surface area contributed by atoms with Gasteiger partial charge in [-0.05, 0) is 37.3 Å². The van der Waals surface area contributed by atoms with Crippen LogP contribution in [-0.2, 0) is 0 Å². The van der Waals surface area contributed by atoms with Crippen LogP contribution in [0.4, 0.5) is 5.69 Å². The first-order chi connectivity index (χ1) is 11.6. The largest absolute Gasteiger partial charge is 0.497 e. The second-order valence-corrected chi connectivity index (χ2v) is 5.61. The minimum Gasteiger partial charge on any atom is -0.497 e. The highest BCUT2D eigenvalue weighted by atomic mass is 16.5. The number of carbonyl (C=O) groups is 2. The van der Waals surface area contributed by atoms with Crippen LogP contribution < -0.4 is 9.64 Å². The summed E-state index contributed by atoms with van der Waals surface area (Å²) in [6.07, 6.45) is 0. The summed E-state index contributed by atoms with van der Waals surface area (Å²) in [5.41, 5.74) is 2.61. The van der Waals surface area contributed by atoms with Crippen molar-refractivity contribution in [3.8, 4) is 5.75 Å². The number of imide groups is 1. The number of hydrogen-bond donors (Lipinski definition) is 0. The van der Waals surface area contributed by atoms with Gasteiger partial charge < -0.3 is 4.74 Å².